The summed E-state index contributed by atoms with van der Waals surface area (Å²) in [6.07, 6.45) is 6.29. The van der Waals surface area contributed by atoms with Crippen molar-refractivity contribution >= 4 is 81.9 Å². The monoisotopic (exact) mass is 1340 g/mol. The highest BCUT2D eigenvalue weighted by atomic mass is 16.2. The maximum absolute atomic E-state index is 15.0. The third-order valence-electron chi connectivity index (χ3n) is 16.0. The van der Waals surface area contributed by atoms with Crippen LogP contribution in [-0.4, -0.2) is 167 Å². The smallest absolute Gasteiger partial charge is 0.243 e. The first kappa shape index (κ1) is 77.1. The lowest BCUT2D eigenvalue weighted by molar-refractivity contribution is -0.136. The standard InChI is InChI=1S/C65H97N23O9/c1-3-38(2)53(88-61(96)50(32-40-19-8-5-9-20-40)85-59(94)51(33-41-35-79-45-23-11-10-21-43(41)45)84-55(90)44(67)22-14-28-76-63(69)70)62(97)87-49(31-39-17-6-4-7-18-39)58(93)86-52(34-42-36-75-37-80-42)60(95)83-47(24-12-13-27-66)57(92)82-48(26-16-30-78-65(73)74)56(91)81-46(54(68)89)25-15-29-77-64(71)72/h4-11,17-21,23,35-38,44,46-53,79H,3,12-16,22,24-34,66-67H2,1-2H3,(H2,68,89)(H,75,80)(H,81,91)(H,82,92)(H,83,95)(H,84,90)(H,85,94)(H,86,93)(H,87,97)(H,88,96)(H4,69,70,76)(H4,71,72,77)(H4,73,74,78)/t38-,44-,46-,47-,48-,49+,50+,51+,52-,53-/m0/s1. The van der Waals surface area contributed by atoms with E-state index in [4.69, 9.17) is 51.6 Å². The molecular formula is C65H97N23O9. The Labute approximate surface area is 563 Å². The summed E-state index contributed by atoms with van der Waals surface area (Å²) in [5, 5.41) is 23.1. The first-order chi connectivity index (χ1) is 46.5. The number of unbranched alkanes of at least 4 members (excludes halogenated alkanes) is 1. The molecule has 526 valence electrons. The van der Waals surface area contributed by atoms with E-state index in [1.165, 1.54) is 12.5 Å². The van der Waals surface area contributed by atoms with Crippen molar-refractivity contribution in [3.8, 4) is 0 Å². The van der Waals surface area contributed by atoms with Gasteiger partial charge >= 0.3 is 0 Å². The average molecular weight is 1340 g/mol. The Balaban J connectivity index is 1.44. The van der Waals surface area contributed by atoms with Crippen molar-refractivity contribution in [1.29, 1.82) is 0 Å². The third kappa shape index (κ3) is 27.0. The van der Waals surface area contributed by atoms with Crippen LogP contribution in [0.5, 0.6) is 0 Å². The predicted octanol–water partition coefficient (Wildman–Crippen LogP) is -2.81. The molecule has 0 aliphatic heterocycles. The van der Waals surface area contributed by atoms with Crippen LogP contribution >= 0.6 is 0 Å². The number of rotatable bonds is 43. The molecule has 5 aromatic rings. The number of amides is 9. The second-order valence-electron chi connectivity index (χ2n) is 23.7. The number of guanidine groups is 3. The van der Waals surface area contributed by atoms with E-state index in [2.05, 4.69) is 72.5 Å². The molecule has 3 aromatic carbocycles. The van der Waals surface area contributed by atoms with Gasteiger partial charge in [0.1, 0.15) is 48.3 Å². The molecule has 32 nitrogen and oxygen atoms in total. The molecule has 0 spiro atoms. The van der Waals surface area contributed by atoms with Gasteiger partial charge in [-0.25, -0.2) is 4.98 Å². The first-order valence-corrected chi connectivity index (χ1v) is 32.4. The average Bonchev–Trinajstić information content (AvgIpc) is 1.82. The fourth-order valence-electron chi connectivity index (χ4n) is 10.5. The van der Waals surface area contributed by atoms with Gasteiger partial charge in [-0.2, -0.15) is 0 Å². The van der Waals surface area contributed by atoms with Crippen molar-refractivity contribution in [2.24, 2.45) is 72.5 Å². The molecule has 5 rings (SSSR count). The lowest BCUT2D eigenvalue weighted by Gasteiger charge is -2.30. The molecule has 0 unspecified atom stereocenters. The Morgan fingerprint density at radius 1 is 0.464 bits per heavy atom. The van der Waals surface area contributed by atoms with Crippen LogP contribution in [0.2, 0.25) is 0 Å². The SMILES string of the molecule is CC[C@H](C)[C@H](NC(=O)[C@@H](Cc1ccccc1)NC(=O)[C@@H](Cc1c[nH]c2ccccc12)NC(=O)[C@@H](N)CCCN=C(N)N)C(=O)N[C@H](Cc1ccccc1)C(=O)N[C@@H](Cc1cnc[nH]1)C(=O)N[C@@H](CCCCN)C(=O)N[C@@H](CCCN=C(N)N)C(=O)N[C@@H](CCCN=C(N)N)C(N)=O. The number of carbonyl (C=O) groups is 9. The van der Waals surface area contributed by atoms with Crippen molar-refractivity contribution in [1.82, 2.24) is 57.5 Å². The molecule has 0 aliphatic carbocycles. The predicted molar refractivity (Wildman–Crippen MR) is 369 cm³/mol. The zero-order valence-corrected chi connectivity index (χ0v) is 55.0. The van der Waals surface area contributed by atoms with E-state index in [0.29, 0.717) is 48.1 Å². The van der Waals surface area contributed by atoms with Crippen LogP contribution in [0.4, 0.5) is 0 Å². The molecule has 0 bridgehead atoms. The van der Waals surface area contributed by atoms with Crippen molar-refractivity contribution in [3.63, 3.8) is 0 Å². The zero-order valence-electron chi connectivity index (χ0n) is 55.0. The van der Waals surface area contributed by atoms with Crippen molar-refractivity contribution in [3.05, 3.63) is 126 Å². The minimum absolute atomic E-state index is 0.0162. The number of H-pyrrole nitrogens is 2. The quantitative estimate of drug-likeness (QED) is 0.0106. The van der Waals surface area contributed by atoms with Gasteiger partial charge in [0.15, 0.2) is 17.9 Å². The highest BCUT2D eigenvalue weighted by Gasteiger charge is 2.37. The third-order valence-corrected chi connectivity index (χ3v) is 16.0. The van der Waals surface area contributed by atoms with E-state index in [9.17, 15) is 33.6 Å². The molecule has 0 saturated heterocycles. The summed E-state index contributed by atoms with van der Waals surface area (Å²) in [5.41, 5.74) is 54.0. The van der Waals surface area contributed by atoms with Crippen molar-refractivity contribution in [2.75, 3.05) is 26.2 Å². The van der Waals surface area contributed by atoms with Crippen LogP contribution in [0.25, 0.3) is 10.9 Å². The van der Waals surface area contributed by atoms with E-state index in [0.717, 1.165) is 10.9 Å². The van der Waals surface area contributed by atoms with E-state index < -0.39 is 113 Å². The molecule has 0 aliphatic rings. The van der Waals surface area contributed by atoms with Crippen LogP contribution in [0.3, 0.4) is 0 Å². The molecule has 2 heterocycles. The molecule has 10 atom stereocenters. The number of hydrogen-bond acceptors (Lipinski definition) is 15. The summed E-state index contributed by atoms with van der Waals surface area (Å²) < 4.78 is 0. The number of para-hydroxylation sites is 1. The number of primary amides is 1. The Morgan fingerprint density at radius 2 is 0.887 bits per heavy atom. The number of fused-ring (bicyclic) bond motifs is 1. The van der Waals surface area contributed by atoms with Gasteiger partial charge in [-0.3, -0.25) is 58.1 Å². The van der Waals surface area contributed by atoms with E-state index >= 15 is 9.59 Å². The van der Waals surface area contributed by atoms with Crippen molar-refractivity contribution < 1.29 is 43.2 Å². The van der Waals surface area contributed by atoms with E-state index in [1.807, 2.05) is 31.2 Å². The number of aliphatic imine (C=N–C) groups is 3. The number of benzene rings is 3. The molecule has 28 N–H and O–H groups in total. The first-order valence-electron chi connectivity index (χ1n) is 32.4. The maximum atomic E-state index is 15.0. The number of imidazole rings is 1. The molecule has 32 heteroatoms. The van der Waals surface area contributed by atoms with E-state index in [1.54, 1.807) is 73.8 Å². The summed E-state index contributed by atoms with van der Waals surface area (Å²) in [5.74, 6) is -8.08. The summed E-state index contributed by atoms with van der Waals surface area (Å²) in [6, 6.07) is 13.3. The summed E-state index contributed by atoms with van der Waals surface area (Å²) in [6.45, 7) is 4.21. The molecular weight excluding hydrogens is 1250 g/mol. The van der Waals surface area contributed by atoms with Gasteiger partial charge in [-0.05, 0) is 93.0 Å². The largest absolute Gasteiger partial charge is 0.370 e. The van der Waals surface area contributed by atoms with Crippen LogP contribution < -0.4 is 94.1 Å². The number of nitrogens with one attached hydrogen (secondary N) is 10. The Kier molecular flexibility index (Phi) is 32.2. The lowest BCUT2D eigenvalue weighted by atomic mass is 9.96. The molecule has 9 amide bonds. The summed E-state index contributed by atoms with van der Waals surface area (Å²) >= 11 is 0. The molecule has 0 fully saturated rings. The Hall–Kier alpha value is -10.6. The van der Waals surface area contributed by atoms with Crippen molar-refractivity contribution in [2.45, 2.75) is 158 Å². The molecule has 2 aromatic heterocycles. The zero-order chi connectivity index (χ0) is 70.8. The topological polar surface area (TPSA) is 566 Å². The fourth-order valence-corrected chi connectivity index (χ4v) is 10.5. The lowest BCUT2D eigenvalue weighted by Crippen LogP contribution is -2.62. The second kappa shape index (κ2) is 40.6. The van der Waals surface area contributed by atoms with Gasteiger partial charge in [0, 0.05) is 74.3 Å². The van der Waals surface area contributed by atoms with Gasteiger partial charge in [0.05, 0.1) is 12.4 Å². The Bertz CT molecular complexity index is 3430. The van der Waals surface area contributed by atoms with Gasteiger partial charge in [-0.15, -0.1) is 0 Å². The van der Waals surface area contributed by atoms with Crippen LogP contribution in [0, 0.1) is 5.92 Å². The minimum Gasteiger partial charge on any atom is -0.370 e. The number of aromatic amines is 2. The van der Waals surface area contributed by atoms with Crippen LogP contribution in [0.15, 0.2) is 119 Å². The molecule has 97 heavy (non-hydrogen) atoms. The van der Waals surface area contributed by atoms with Gasteiger partial charge < -0.3 is 104 Å². The van der Waals surface area contributed by atoms with Gasteiger partial charge in [0.2, 0.25) is 53.2 Å². The molecule has 0 saturated carbocycles. The number of aromatic nitrogens is 3. The fraction of sp³-hybridized carbons (Fsp3) is 0.462. The second-order valence-corrected chi connectivity index (χ2v) is 23.7. The van der Waals surface area contributed by atoms with Crippen LogP contribution in [-0.2, 0) is 68.8 Å². The summed E-state index contributed by atoms with van der Waals surface area (Å²) in [7, 11) is 0. The maximum Gasteiger partial charge on any atom is 0.243 e. The van der Waals surface area contributed by atoms with Gasteiger partial charge in [-0.1, -0.05) is 99.1 Å². The summed E-state index contributed by atoms with van der Waals surface area (Å²) in [4.78, 5) is 152. The molecule has 0 radical (unpaired) electrons. The van der Waals surface area contributed by atoms with E-state index in [-0.39, 0.29) is 108 Å². The Morgan fingerprint density at radius 3 is 1.38 bits per heavy atom. The number of nitrogens with two attached hydrogens (primary N) is 9. The number of hydrogen-bond donors (Lipinski definition) is 19. The normalized spacial score (nSPS) is 14.1. The minimum atomic E-state index is -1.45. The highest BCUT2D eigenvalue weighted by Crippen LogP contribution is 2.21. The highest BCUT2D eigenvalue weighted by molar-refractivity contribution is 5.99. The number of nitrogens with zero attached hydrogens (tertiary/aromatic N) is 4. The number of carbonyl (C=O) groups excluding carboxylic acids is 9. The van der Waals surface area contributed by atoms with Gasteiger partial charge in [0.25, 0.3) is 0 Å². The van der Waals surface area contributed by atoms with Crippen LogP contribution in [0.1, 0.15) is 100 Å².